The number of aromatic nitrogens is 1. The number of aliphatic hydroxyl groups excluding tert-OH is 1. The van der Waals surface area contributed by atoms with E-state index in [1.165, 1.54) is 6.26 Å². The monoisotopic (exact) mass is 170 g/mol. The minimum Gasteiger partial charge on any atom is -0.448 e. The van der Waals surface area contributed by atoms with Gasteiger partial charge in [-0.1, -0.05) is 6.92 Å². The molecule has 12 heavy (non-hydrogen) atoms. The second kappa shape index (κ2) is 4.23. The third-order valence-electron chi connectivity index (χ3n) is 1.75. The highest BCUT2D eigenvalue weighted by molar-refractivity contribution is 4.98. The topological polar surface area (TPSA) is 72.3 Å². The minimum atomic E-state index is -0.0706. The quantitative estimate of drug-likeness (QED) is 0.694. The number of hydrogen-bond acceptors (Lipinski definition) is 4. The summed E-state index contributed by atoms with van der Waals surface area (Å²) in [5.74, 6) is 0.889. The zero-order valence-electron chi connectivity index (χ0n) is 7.16. The summed E-state index contributed by atoms with van der Waals surface area (Å²) in [6.45, 7) is 2.55. The van der Waals surface area contributed by atoms with Crippen LogP contribution in [0.1, 0.15) is 30.8 Å². The Labute approximate surface area is 71.4 Å². The van der Waals surface area contributed by atoms with Gasteiger partial charge in [0.25, 0.3) is 0 Å². The molecule has 0 saturated carbocycles. The first-order chi connectivity index (χ1) is 5.77. The Kier molecular flexibility index (Phi) is 3.25. The molecular weight excluding hydrogens is 156 g/mol. The maximum Gasteiger partial charge on any atom is 0.197 e. The summed E-state index contributed by atoms with van der Waals surface area (Å²) >= 11 is 0. The zero-order valence-corrected chi connectivity index (χ0v) is 7.16. The number of hydrogen-bond donors (Lipinski definition) is 2. The van der Waals surface area contributed by atoms with Gasteiger partial charge in [-0.3, -0.25) is 0 Å². The molecule has 4 nitrogen and oxygen atoms in total. The van der Waals surface area contributed by atoms with Crippen LogP contribution in [0.25, 0.3) is 0 Å². The van der Waals surface area contributed by atoms with Gasteiger partial charge >= 0.3 is 0 Å². The third kappa shape index (κ3) is 2.06. The van der Waals surface area contributed by atoms with Gasteiger partial charge in [0.2, 0.25) is 0 Å². The predicted molar refractivity (Wildman–Crippen MR) is 44.5 cm³/mol. The van der Waals surface area contributed by atoms with Crippen LogP contribution in [0.2, 0.25) is 0 Å². The van der Waals surface area contributed by atoms with E-state index in [1.807, 2.05) is 6.92 Å². The van der Waals surface area contributed by atoms with Crippen LogP contribution in [0.5, 0.6) is 0 Å². The molecule has 68 valence electrons. The predicted octanol–water partition coefficient (Wildman–Crippen LogP) is 0.619. The summed E-state index contributed by atoms with van der Waals surface area (Å²) in [4.78, 5) is 4.08. The van der Waals surface area contributed by atoms with Gasteiger partial charge in [0.1, 0.15) is 12.0 Å². The largest absolute Gasteiger partial charge is 0.448 e. The van der Waals surface area contributed by atoms with E-state index < -0.39 is 0 Å². The molecule has 1 heterocycles. The van der Waals surface area contributed by atoms with E-state index in [2.05, 4.69) is 4.98 Å². The van der Waals surface area contributed by atoms with Crippen molar-refractivity contribution in [2.45, 2.75) is 25.9 Å². The summed E-state index contributed by atoms with van der Waals surface area (Å²) < 4.78 is 5.14. The van der Waals surface area contributed by atoms with Crippen molar-refractivity contribution < 1.29 is 9.52 Å². The van der Waals surface area contributed by atoms with Gasteiger partial charge in [-0.15, -0.1) is 0 Å². The van der Waals surface area contributed by atoms with E-state index in [0.717, 1.165) is 6.42 Å². The van der Waals surface area contributed by atoms with Gasteiger partial charge in [-0.2, -0.15) is 0 Å². The molecule has 0 saturated heterocycles. The van der Waals surface area contributed by atoms with Crippen LogP contribution in [0.4, 0.5) is 0 Å². The molecule has 0 spiro atoms. The molecule has 0 aliphatic carbocycles. The van der Waals surface area contributed by atoms with E-state index >= 15 is 0 Å². The van der Waals surface area contributed by atoms with Crippen molar-refractivity contribution in [3.63, 3.8) is 0 Å². The molecule has 1 aromatic heterocycles. The number of nitrogens with zero attached hydrogens (tertiary/aromatic N) is 1. The first-order valence-electron chi connectivity index (χ1n) is 4.03. The number of rotatable bonds is 4. The van der Waals surface area contributed by atoms with Crippen molar-refractivity contribution in [3.05, 3.63) is 17.8 Å². The second-order valence-corrected chi connectivity index (χ2v) is 2.81. The lowest BCUT2D eigenvalue weighted by Crippen LogP contribution is -2.04. The first-order valence-corrected chi connectivity index (χ1v) is 4.03. The fraction of sp³-hybridized carbons (Fsp3) is 0.625. The van der Waals surface area contributed by atoms with Crippen LogP contribution >= 0.6 is 0 Å². The van der Waals surface area contributed by atoms with E-state index in [0.29, 0.717) is 18.1 Å². The van der Waals surface area contributed by atoms with Crippen LogP contribution < -0.4 is 5.73 Å². The summed E-state index contributed by atoms with van der Waals surface area (Å²) in [5.41, 5.74) is 5.96. The maximum absolute atomic E-state index is 8.72. The normalized spacial score (nSPS) is 13.2. The van der Waals surface area contributed by atoms with Gasteiger partial charge in [0.15, 0.2) is 5.89 Å². The Hall–Kier alpha value is -0.870. The first kappa shape index (κ1) is 9.22. The Morgan fingerprint density at radius 2 is 2.50 bits per heavy atom. The van der Waals surface area contributed by atoms with Gasteiger partial charge in [-0.05, 0) is 13.0 Å². The molecule has 0 aromatic carbocycles. The Morgan fingerprint density at radius 3 is 3.00 bits per heavy atom. The summed E-state index contributed by atoms with van der Waals surface area (Å²) in [7, 11) is 0. The Bertz CT molecular complexity index is 235. The lowest BCUT2D eigenvalue weighted by atomic mass is 10.1. The van der Waals surface area contributed by atoms with Crippen molar-refractivity contribution >= 4 is 0 Å². The SMILES string of the molecule is C[C@@H](CCN)c1nc(CO)co1. The van der Waals surface area contributed by atoms with E-state index in [-0.39, 0.29) is 12.5 Å². The summed E-state index contributed by atoms with van der Waals surface area (Å²) in [5, 5.41) is 8.72. The summed E-state index contributed by atoms with van der Waals surface area (Å²) in [6.07, 6.45) is 2.33. The molecule has 1 atom stereocenters. The molecular formula is C8H14N2O2. The molecule has 0 fully saturated rings. The standard InChI is InChI=1S/C8H14N2O2/c1-6(2-3-9)8-10-7(4-11)5-12-8/h5-6,11H,2-4,9H2,1H3/t6-/m0/s1. The molecule has 3 N–H and O–H groups in total. The molecule has 0 aliphatic heterocycles. The smallest absolute Gasteiger partial charge is 0.197 e. The minimum absolute atomic E-state index is 0.0706. The van der Waals surface area contributed by atoms with Crippen LogP contribution in [0, 0.1) is 0 Å². The lowest BCUT2D eigenvalue weighted by Gasteiger charge is -2.02. The van der Waals surface area contributed by atoms with Gasteiger partial charge < -0.3 is 15.3 Å². The molecule has 1 rings (SSSR count). The van der Waals surface area contributed by atoms with Crippen LogP contribution in [0.15, 0.2) is 10.7 Å². The van der Waals surface area contributed by atoms with Gasteiger partial charge in [0, 0.05) is 5.92 Å². The van der Waals surface area contributed by atoms with Gasteiger partial charge in [-0.25, -0.2) is 4.98 Å². The third-order valence-corrected chi connectivity index (χ3v) is 1.75. The molecule has 1 aromatic rings. The van der Waals surface area contributed by atoms with Crippen molar-refractivity contribution in [3.8, 4) is 0 Å². The average Bonchev–Trinajstić information content (AvgIpc) is 2.52. The lowest BCUT2D eigenvalue weighted by molar-refractivity contribution is 0.276. The zero-order chi connectivity index (χ0) is 8.97. The highest BCUT2D eigenvalue weighted by Gasteiger charge is 2.10. The van der Waals surface area contributed by atoms with E-state index in [4.69, 9.17) is 15.3 Å². The van der Waals surface area contributed by atoms with Crippen molar-refractivity contribution in [2.24, 2.45) is 5.73 Å². The fourth-order valence-corrected chi connectivity index (χ4v) is 0.995. The van der Waals surface area contributed by atoms with E-state index in [1.54, 1.807) is 0 Å². The molecule has 0 unspecified atom stereocenters. The van der Waals surface area contributed by atoms with Crippen molar-refractivity contribution in [1.29, 1.82) is 0 Å². The molecule has 4 heteroatoms. The fourth-order valence-electron chi connectivity index (χ4n) is 0.995. The van der Waals surface area contributed by atoms with Crippen LogP contribution in [0.3, 0.4) is 0 Å². The second-order valence-electron chi connectivity index (χ2n) is 2.81. The summed E-state index contributed by atoms with van der Waals surface area (Å²) in [6, 6.07) is 0. The average molecular weight is 170 g/mol. The number of nitrogens with two attached hydrogens (primary N) is 1. The highest BCUT2D eigenvalue weighted by Crippen LogP contribution is 2.17. The number of aliphatic hydroxyl groups is 1. The Balaban J connectivity index is 2.61. The maximum atomic E-state index is 8.72. The van der Waals surface area contributed by atoms with Gasteiger partial charge in [0.05, 0.1) is 6.61 Å². The highest BCUT2D eigenvalue weighted by atomic mass is 16.3. The van der Waals surface area contributed by atoms with Crippen LogP contribution in [-0.4, -0.2) is 16.6 Å². The molecule has 0 aliphatic rings. The molecule has 0 amide bonds. The van der Waals surface area contributed by atoms with Crippen LogP contribution in [-0.2, 0) is 6.61 Å². The molecule has 0 bridgehead atoms. The number of oxazole rings is 1. The Morgan fingerprint density at radius 1 is 1.75 bits per heavy atom. The molecule has 0 radical (unpaired) electrons. The van der Waals surface area contributed by atoms with Crippen molar-refractivity contribution in [1.82, 2.24) is 4.98 Å². The van der Waals surface area contributed by atoms with Crippen molar-refractivity contribution in [2.75, 3.05) is 6.54 Å². The van der Waals surface area contributed by atoms with E-state index in [9.17, 15) is 0 Å².